The summed E-state index contributed by atoms with van der Waals surface area (Å²) in [5.41, 5.74) is 1.91. The van der Waals surface area contributed by atoms with Crippen LogP contribution in [-0.2, 0) is 13.0 Å². The lowest BCUT2D eigenvalue weighted by molar-refractivity contribution is 0.0696. The summed E-state index contributed by atoms with van der Waals surface area (Å²) in [4.78, 5) is 17.6. The van der Waals surface area contributed by atoms with Crippen molar-refractivity contribution in [1.82, 2.24) is 19.7 Å². The number of benzene rings is 1. The molecular weight excluding hydrogens is 408 g/mol. The second kappa shape index (κ2) is 10.2. The van der Waals surface area contributed by atoms with Crippen molar-refractivity contribution in [2.24, 2.45) is 0 Å². The minimum Gasteiger partial charge on any atom is -0.478 e. The Hall–Kier alpha value is -2.94. The maximum absolute atomic E-state index is 11.3. The molecule has 9 heteroatoms. The lowest BCUT2D eigenvalue weighted by Crippen LogP contribution is -2.24. The lowest BCUT2D eigenvalue weighted by Gasteiger charge is -2.15. The molecule has 8 nitrogen and oxygen atoms in total. The molecule has 2 aromatic heterocycles. The van der Waals surface area contributed by atoms with Crippen molar-refractivity contribution in [3.63, 3.8) is 0 Å². The number of carbonyl (C=O) groups is 1. The van der Waals surface area contributed by atoms with Gasteiger partial charge in [0.15, 0.2) is 5.82 Å². The quantitative estimate of drug-likeness (QED) is 0.510. The number of aromatic nitrogens is 3. The third kappa shape index (κ3) is 5.56. The molecular formula is C21H23ClN4O4. The number of ether oxygens (including phenoxy) is 1. The van der Waals surface area contributed by atoms with E-state index in [0.29, 0.717) is 42.8 Å². The second-order valence-electron chi connectivity index (χ2n) is 6.79. The molecule has 0 amide bonds. The van der Waals surface area contributed by atoms with E-state index < -0.39 is 5.97 Å². The number of aromatic carboxylic acids is 1. The van der Waals surface area contributed by atoms with Crippen molar-refractivity contribution in [1.29, 1.82) is 0 Å². The minimum absolute atomic E-state index is 0.0849. The van der Waals surface area contributed by atoms with Gasteiger partial charge >= 0.3 is 5.97 Å². The third-order valence-electron chi connectivity index (χ3n) is 4.54. The van der Waals surface area contributed by atoms with E-state index in [4.69, 9.17) is 21.4 Å². The van der Waals surface area contributed by atoms with Gasteiger partial charge in [0.25, 0.3) is 0 Å². The summed E-state index contributed by atoms with van der Waals surface area (Å²) in [7, 11) is 1.92. The molecule has 0 saturated carbocycles. The molecule has 3 rings (SSSR count). The number of likely N-dealkylation sites (N-methyl/N-ethyl adjacent to an activating group) is 1. The molecule has 2 N–H and O–H groups in total. The SMILES string of the molecule is CN(CCO)CCc1cnn(-c2cc(C(=O)O)ccn2)c1OCc1ccc(Cl)cc1. The fourth-order valence-electron chi connectivity index (χ4n) is 2.85. The number of hydrogen-bond acceptors (Lipinski definition) is 6. The Labute approximate surface area is 179 Å². The molecule has 0 aliphatic carbocycles. The van der Waals surface area contributed by atoms with E-state index in [1.807, 2.05) is 24.1 Å². The Morgan fingerprint density at radius 3 is 2.70 bits per heavy atom. The van der Waals surface area contributed by atoms with Crippen molar-refractivity contribution in [2.75, 3.05) is 26.7 Å². The van der Waals surface area contributed by atoms with Crippen molar-refractivity contribution < 1.29 is 19.7 Å². The number of carboxylic acid groups (broad SMARTS) is 1. The average Bonchev–Trinajstić information content (AvgIpc) is 3.15. The monoisotopic (exact) mass is 430 g/mol. The molecule has 1 aromatic carbocycles. The number of rotatable bonds is 10. The molecule has 0 aliphatic heterocycles. The fourth-order valence-corrected chi connectivity index (χ4v) is 2.98. The van der Waals surface area contributed by atoms with Crippen LogP contribution in [0.4, 0.5) is 0 Å². The molecule has 2 heterocycles. The maximum Gasteiger partial charge on any atom is 0.335 e. The second-order valence-corrected chi connectivity index (χ2v) is 7.22. The van der Waals surface area contributed by atoms with Gasteiger partial charge in [-0.25, -0.2) is 9.78 Å². The number of nitrogens with zero attached hydrogens (tertiary/aromatic N) is 4. The first kappa shape index (κ1) is 21.8. The predicted octanol–water partition coefficient (Wildman–Crippen LogP) is 2.66. The summed E-state index contributed by atoms with van der Waals surface area (Å²) in [6.07, 6.45) is 3.77. The van der Waals surface area contributed by atoms with Crippen LogP contribution < -0.4 is 4.74 Å². The first-order valence-corrected chi connectivity index (χ1v) is 9.79. The van der Waals surface area contributed by atoms with E-state index in [2.05, 4.69) is 10.1 Å². The molecule has 0 aliphatic rings. The van der Waals surface area contributed by atoms with Crippen LogP contribution in [0.2, 0.25) is 5.02 Å². The predicted molar refractivity (Wildman–Crippen MR) is 112 cm³/mol. The number of hydrogen-bond donors (Lipinski definition) is 2. The smallest absolute Gasteiger partial charge is 0.335 e. The topological polar surface area (TPSA) is 101 Å². The van der Waals surface area contributed by atoms with Crippen molar-refractivity contribution in [3.8, 4) is 11.7 Å². The number of aliphatic hydroxyl groups excluding tert-OH is 1. The molecule has 3 aromatic rings. The third-order valence-corrected chi connectivity index (χ3v) is 4.79. The van der Waals surface area contributed by atoms with E-state index in [1.54, 1.807) is 18.3 Å². The Morgan fingerprint density at radius 1 is 1.23 bits per heavy atom. The van der Waals surface area contributed by atoms with E-state index in [9.17, 15) is 9.90 Å². The minimum atomic E-state index is -1.04. The highest BCUT2D eigenvalue weighted by molar-refractivity contribution is 6.30. The fraction of sp³-hybridized carbons (Fsp3) is 0.286. The van der Waals surface area contributed by atoms with Gasteiger partial charge < -0.3 is 19.8 Å². The highest BCUT2D eigenvalue weighted by atomic mass is 35.5. The van der Waals surface area contributed by atoms with Crippen LogP contribution in [0.1, 0.15) is 21.5 Å². The first-order valence-electron chi connectivity index (χ1n) is 9.41. The van der Waals surface area contributed by atoms with Gasteiger partial charge in [-0.05, 0) is 43.3 Å². The summed E-state index contributed by atoms with van der Waals surface area (Å²) in [5.74, 6) is -0.186. The number of carboxylic acids is 1. The summed E-state index contributed by atoms with van der Waals surface area (Å²) in [6, 6.07) is 10.2. The van der Waals surface area contributed by atoms with Crippen LogP contribution in [0.3, 0.4) is 0 Å². The average molecular weight is 431 g/mol. The molecule has 0 unspecified atom stereocenters. The van der Waals surface area contributed by atoms with Crippen molar-refractivity contribution in [2.45, 2.75) is 13.0 Å². The number of halogens is 1. The van der Waals surface area contributed by atoms with Crippen molar-refractivity contribution >= 4 is 17.6 Å². The Bertz CT molecular complexity index is 991. The van der Waals surface area contributed by atoms with Crippen LogP contribution in [0.25, 0.3) is 5.82 Å². The molecule has 0 radical (unpaired) electrons. The van der Waals surface area contributed by atoms with E-state index >= 15 is 0 Å². The molecule has 158 valence electrons. The Balaban J connectivity index is 1.88. The van der Waals surface area contributed by atoms with Crippen LogP contribution in [-0.4, -0.2) is 62.6 Å². The molecule has 0 saturated heterocycles. The zero-order valence-electron chi connectivity index (χ0n) is 16.5. The Morgan fingerprint density at radius 2 is 2.00 bits per heavy atom. The molecule has 0 atom stereocenters. The maximum atomic E-state index is 11.3. The van der Waals surface area contributed by atoms with Gasteiger partial charge in [0.05, 0.1) is 18.4 Å². The van der Waals surface area contributed by atoms with Gasteiger partial charge in [-0.1, -0.05) is 23.7 Å². The largest absolute Gasteiger partial charge is 0.478 e. The van der Waals surface area contributed by atoms with Crippen LogP contribution >= 0.6 is 11.6 Å². The van der Waals surface area contributed by atoms with Gasteiger partial charge in [-0.2, -0.15) is 9.78 Å². The van der Waals surface area contributed by atoms with Crippen LogP contribution in [0, 0.1) is 0 Å². The van der Waals surface area contributed by atoms with Crippen LogP contribution in [0.5, 0.6) is 5.88 Å². The van der Waals surface area contributed by atoms with Crippen molar-refractivity contribution in [3.05, 3.63) is 70.5 Å². The highest BCUT2D eigenvalue weighted by Gasteiger charge is 2.17. The van der Waals surface area contributed by atoms with Gasteiger partial charge in [-0.15, -0.1) is 0 Å². The van der Waals surface area contributed by atoms with Crippen LogP contribution in [0.15, 0.2) is 48.8 Å². The van der Waals surface area contributed by atoms with Gasteiger partial charge in [-0.3, -0.25) is 0 Å². The van der Waals surface area contributed by atoms with E-state index in [1.165, 1.54) is 23.0 Å². The van der Waals surface area contributed by atoms with Gasteiger partial charge in [0, 0.05) is 29.9 Å². The zero-order chi connectivity index (χ0) is 21.5. The molecule has 0 fully saturated rings. The number of aliphatic hydroxyl groups is 1. The number of pyridine rings is 1. The molecule has 0 spiro atoms. The van der Waals surface area contributed by atoms with E-state index in [0.717, 1.165) is 11.1 Å². The van der Waals surface area contributed by atoms with E-state index in [-0.39, 0.29) is 12.2 Å². The summed E-state index contributed by atoms with van der Waals surface area (Å²) < 4.78 is 7.59. The highest BCUT2D eigenvalue weighted by Crippen LogP contribution is 2.24. The lowest BCUT2D eigenvalue weighted by atomic mass is 10.2. The normalized spacial score (nSPS) is 11.1. The molecule has 0 bridgehead atoms. The van der Waals surface area contributed by atoms with Gasteiger partial charge in [0.1, 0.15) is 6.61 Å². The first-order chi connectivity index (χ1) is 14.5. The summed E-state index contributed by atoms with van der Waals surface area (Å²) >= 11 is 5.95. The standard InChI is InChI=1S/C21H23ClN4O4/c1-25(10-11-27)9-7-17-13-24-26(19-12-16(21(28)29)6-8-23-19)20(17)30-14-15-2-4-18(22)5-3-15/h2-6,8,12-13,27H,7,9-11,14H2,1H3,(H,28,29). The zero-order valence-corrected chi connectivity index (χ0v) is 17.3. The van der Waals surface area contributed by atoms with Gasteiger partial charge in [0.2, 0.25) is 5.88 Å². The summed E-state index contributed by atoms with van der Waals surface area (Å²) in [5, 5.41) is 23.4. The molecule has 30 heavy (non-hydrogen) atoms. The Kier molecular flexibility index (Phi) is 7.40. The summed E-state index contributed by atoms with van der Waals surface area (Å²) in [6.45, 7) is 1.64.